The van der Waals surface area contributed by atoms with Crippen molar-refractivity contribution in [2.75, 3.05) is 18.7 Å². The number of fused-ring (bicyclic) bond motifs is 2. The number of aromatic nitrogens is 3. The lowest BCUT2D eigenvalue weighted by atomic mass is 10.1. The van der Waals surface area contributed by atoms with Crippen molar-refractivity contribution in [1.29, 1.82) is 0 Å². The smallest absolute Gasteiger partial charge is 0.272 e. The van der Waals surface area contributed by atoms with Crippen LogP contribution in [0.25, 0.3) is 11.3 Å². The molecule has 2 aliphatic heterocycles. The summed E-state index contributed by atoms with van der Waals surface area (Å²) in [5, 5.41) is 10.7. The lowest BCUT2D eigenvalue weighted by molar-refractivity contribution is -0.117. The van der Waals surface area contributed by atoms with E-state index in [2.05, 4.69) is 20.5 Å². The molecule has 0 atom stereocenters. The molecule has 0 bridgehead atoms. The number of rotatable bonds is 4. The number of hydrogen-bond donors (Lipinski definition) is 2. The average Bonchev–Trinajstić information content (AvgIpc) is 3.17. The molecular formula is C21H19N5O4S. The lowest BCUT2D eigenvalue weighted by Crippen LogP contribution is -2.35. The number of H-pyrrole nitrogens is 1. The van der Waals surface area contributed by atoms with Gasteiger partial charge in [-0.25, -0.2) is 4.98 Å². The van der Waals surface area contributed by atoms with Crippen LogP contribution in [0.2, 0.25) is 0 Å². The second-order valence-corrected chi connectivity index (χ2v) is 8.95. The van der Waals surface area contributed by atoms with Gasteiger partial charge < -0.3 is 19.7 Å². The zero-order valence-corrected chi connectivity index (χ0v) is 17.3. The Hall–Kier alpha value is -3.40. The molecule has 10 heteroatoms. The molecule has 3 aromatic rings. The maximum absolute atomic E-state index is 13.0. The highest BCUT2D eigenvalue weighted by atomic mass is 32.1. The minimum Gasteiger partial charge on any atom is -0.454 e. The Morgan fingerprint density at radius 3 is 2.94 bits per heavy atom. The van der Waals surface area contributed by atoms with E-state index in [9.17, 15) is 9.59 Å². The molecular weight excluding hydrogens is 418 g/mol. The summed E-state index contributed by atoms with van der Waals surface area (Å²) < 4.78 is 10.8. The van der Waals surface area contributed by atoms with Gasteiger partial charge in [-0.1, -0.05) is 11.3 Å². The molecule has 2 amide bonds. The number of hydrogen-bond acceptors (Lipinski definition) is 7. The van der Waals surface area contributed by atoms with Gasteiger partial charge in [-0.3, -0.25) is 14.7 Å². The van der Waals surface area contributed by atoms with Gasteiger partial charge in [-0.15, -0.1) is 0 Å². The van der Waals surface area contributed by atoms with E-state index in [-0.39, 0.29) is 24.5 Å². The first-order valence-corrected chi connectivity index (χ1v) is 11.0. The fourth-order valence-corrected chi connectivity index (χ4v) is 4.81. The van der Waals surface area contributed by atoms with E-state index in [0.29, 0.717) is 47.5 Å². The maximum atomic E-state index is 13.0. The largest absolute Gasteiger partial charge is 0.454 e. The van der Waals surface area contributed by atoms with Crippen molar-refractivity contribution in [1.82, 2.24) is 20.1 Å². The number of benzene rings is 1. The molecule has 158 valence electrons. The number of aromatic amines is 1. The van der Waals surface area contributed by atoms with Crippen molar-refractivity contribution in [3.05, 3.63) is 40.5 Å². The van der Waals surface area contributed by atoms with Crippen molar-refractivity contribution < 1.29 is 19.1 Å². The number of carbonyl (C=O) groups excluding carboxylic acids is 2. The van der Waals surface area contributed by atoms with Gasteiger partial charge in [0.15, 0.2) is 16.6 Å². The van der Waals surface area contributed by atoms with E-state index < -0.39 is 0 Å². The number of carbonyl (C=O) groups is 2. The third-order valence-corrected chi connectivity index (χ3v) is 6.67. The number of amides is 2. The van der Waals surface area contributed by atoms with Crippen LogP contribution in [0, 0.1) is 5.92 Å². The predicted octanol–water partition coefficient (Wildman–Crippen LogP) is 2.81. The molecule has 1 fully saturated rings. The van der Waals surface area contributed by atoms with Crippen molar-refractivity contribution >= 4 is 28.3 Å². The normalized spacial score (nSPS) is 16.8. The van der Waals surface area contributed by atoms with Crippen molar-refractivity contribution in [3.63, 3.8) is 0 Å². The number of ether oxygens (including phenoxy) is 2. The van der Waals surface area contributed by atoms with Crippen LogP contribution in [-0.2, 0) is 17.8 Å². The topological polar surface area (TPSA) is 109 Å². The minimum atomic E-state index is -0.109. The second-order valence-electron chi connectivity index (χ2n) is 7.86. The van der Waals surface area contributed by atoms with Crippen LogP contribution in [0.5, 0.6) is 11.5 Å². The van der Waals surface area contributed by atoms with Crippen LogP contribution in [0.15, 0.2) is 24.3 Å². The molecule has 3 aliphatic rings. The van der Waals surface area contributed by atoms with Gasteiger partial charge in [0.05, 0.1) is 17.9 Å². The van der Waals surface area contributed by atoms with Gasteiger partial charge in [0.25, 0.3) is 5.91 Å². The molecule has 1 saturated carbocycles. The van der Waals surface area contributed by atoms with E-state index in [4.69, 9.17) is 9.47 Å². The number of anilines is 1. The lowest BCUT2D eigenvalue weighted by Gasteiger charge is -2.25. The fraction of sp³-hybridized carbons (Fsp3) is 0.333. The summed E-state index contributed by atoms with van der Waals surface area (Å²) in [5.41, 5.74) is 2.91. The standard InChI is InChI=1S/C21H19N5O4S/c27-19(11-1-2-11)23-21-22-13-5-6-26(9-18(13)31-21)20(28)15-8-14(24-25-15)12-3-4-16-17(7-12)30-10-29-16/h3-4,7-8,11H,1-2,5-6,9-10H2,(H,24,25)(H,22,23,27). The van der Waals surface area contributed by atoms with Crippen LogP contribution in [0.1, 0.15) is 33.9 Å². The van der Waals surface area contributed by atoms with E-state index >= 15 is 0 Å². The zero-order chi connectivity index (χ0) is 20.9. The Kier molecular flexibility index (Phi) is 4.20. The highest BCUT2D eigenvalue weighted by Gasteiger charge is 2.31. The summed E-state index contributed by atoms with van der Waals surface area (Å²) in [7, 11) is 0. The summed E-state index contributed by atoms with van der Waals surface area (Å²) in [4.78, 5) is 32.4. The zero-order valence-electron chi connectivity index (χ0n) is 16.5. The fourth-order valence-electron chi connectivity index (χ4n) is 3.78. The molecule has 6 rings (SSSR count). The van der Waals surface area contributed by atoms with Crippen LogP contribution in [-0.4, -0.2) is 45.2 Å². The summed E-state index contributed by atoms with van der Waals surface area (Å²) in [6, 6.07) is 7.33. The van der Waals surface area contributed by atoms with Gasteiger partial charge in [0.2, 0.25) is 12.7 Å². The molecule has 0 saturated heterocycles. The van der Waals surface area contributed by atoms with Crippen LogP contribution in [0.3, 0.4) is 0 Å². The van der Waals surface area contributed by atoms with Gasteiger partial charge in [-0.2, -0.15) is 5.10 Å². The second kappa shape index (κ2) is 7.09. The molecule has 2 N–H and O–H groups in total. The monoisotopic (exact) mass is 437 g/mol. The molecule has 4 heterocycles. The Labute approximate surface area is 181 Å². The van der Waals surface area contributed by atoms with Crippen molar-refractivity contribution in [2.24, 2.45) is 5.92 Å². The van der Waals surface area contributed by atoms with Crippen molar-refractivity contribution in [2.45, 2.75) is 25.8 Å². The predicted molar refractivity (Wildman–Crippen MR) is 112 cm³/mol. The van der Waals surface area contributed by atoms with Crippen molar-refractivity contribution in [3.8, 4) is 22.8 Å². The van der Waals surface area contributed by atoms with E-state index in [1.807, 2.05) is 18.2 Å². The number of thiazole rings is 1. The quantitative estimate of drug-likeness (QED) is 0.650. The Balaban J connectivity index is 1.16. The number of nitrogens with one attached hydrogen (secondary N) is 2. The summed E-state index contributed by atoms with van der Waals surface area (Å²) in [6.07, 6.45) is 2.58. The Morgan fingerprint density at radius 1 is 1.19 bits per heavy atom. The molecule has 1 aliphatic carbocycles. The van der Waals surface area contributed by atoms with Gasteiger partial charge in [0, 0.05) is 29.3 Å². The Bertz CT molecular complexity index is 1200. The molecule has 0 spiro atoms. The minimum absolute atomic E-state index is 0.0486. The highest BCUT2D eigenvalue weighted by molar-refractivity contribution is 7.15. The molecule has 1 aromatic carbocycles. The van der Waals surface area contributed by atoms with E-state index in [1.165, 1.54) is 11.3 Å². The summed E-state index contributed by atoms with van der Waals surface area (Å²) >= 11 is 1.45. The SMILES string of the molecule is O=C(Nc1nc2c(s1)CN(C(=O)c1cc(-c3ccc4c(c3)OCO4)n[nH]1)CC2)C1CC1. The van der Waals surface area contributed by atoms with E-state index in [1.54, 1.807) is 11.0 Å². The number of nitrogens with zero attached hydrogens (tertiary/aromatic N) is 3. The Morgan fingerprint density at radius 2 is 2.06 bits per heavy atom. The van der Waals surface area contributed by atoms with Gasteiger partial charge in [-0.05, 0) is 37.1 Å². The molecule has 0 unspecified atom stereocenters. The molecule has 9 nitrogen and oxygen atoms in total. The molecule has 0 radical (unpaired) electrons. The van der Waals surface area contributed by atoms with Gasteiger partial charge in [0.1, 0.15) is 5.69 Å². The third-order valence-electron chi connectivity index (χ3n) is 5.67. The van der Waals surface area contributed by atoms with Crippen LogP contribution >= 0.6 is 11.3 Å². The maximum Gasteiger partial charge on any atom is 0.272 e. The first-order valence-electron chi connectivity index (χ1n) is 10.2. The summed E-state index contributed by atoms with van der Waals surface area (Å²) in [6.45, 7) is 1.26. The van der Waals surface area contributed by atoms with Crippen LogP contribution < -0.4 is 14.8 Å². The van der Waals surface area contributed by atoms with Gasteiger partial charge >= 0.3 is 0 Å². The third kappa shape index (κ3) is 3.42. The average molecular weight is 437 g/mol. The first-order chi connectivity index (χ1) is 15.1. The van der Waals surface area contributed by atoms with E-state index in [0.717, 1.165) is 29.0 Å². The molecule has 31 heavy (non-hydrogen) atoms. The highest BCUT2D eigenvalue weighted by Crippen LogP contribution is 2.36. The molecule has 2 aromatic heterocycles. The van der Waals surface area contributed by atoms with Crippen LogP contribution in [0.4, 0.5) is 5.13 Å². The first kappa shape index (κ1) is 18.4. The summed E-state index contributed by atoms with van der Waals surface area (Å²) in [5.74, 6) is 1.46.